The molecule has 5 rings (SSSR count). The summed E-state index contributed by atoms with van der Waals surface area (Å²) in [6.45, 7) is -0.970. The molecule has 0 amide bonds. The van der Waals surface area contributed by atoms with E-state index in [1.54, 1.807) is 6.07 Å². The molecule has 0 radical (unpaired) electrons. The normalized spacial score (nSPS) is 20.4. The lowest BCUT2D eigenvalue weighted by molar-refractivity contribution is -0.0312. The summed E-state index contributed by atoms with van der Waals surface area (Å²) in [5, 5.41) is 18.8. The number of aliphatic hydroxyl groups is 2. The molecular formula is C28H33F2N3O8S2. The van der Waals surface area contributed by atoms with Gasteiger partial charge in [0.15, 0.2) is 0 Å². The molecule has 3 aromatic rings. The van der Waals surface area contributed by atoms with E-state index in [0.29, 0.717) is 39.0 Å². The number of halogens is 2. The van der Waals surface area contributed by atoms with Crippen LogP contribution >= 0.6 is 0 Å². The molecule has 15 heteroatoms. The van der Waals surface area contributed by atoms with Crippen molar-refractivity contribution in [3.63, 3.8) is 0 Å². The first-order valence-corrected chi connectivity index (χ1v) is 16.6. The average molecular weight is 642 g/mol. The Labute approximate surface area is 248 Å². The number of piperidine rings is 1. The van der Waals surface area contributed by atoms with Crippen molar-refractivity contribution in [3.8, 4) is 5.75 Å². The molecule has 234 valence electrons. The Bertz CT molecular complexity index is 1670. The van der Waals surface area contributed by atoms with Gasteiger partial charge in [0.05, 0.1) is 22.6 Å². The van der Waals surface area contributed by atoms with Gasteiger partial charge in [-0.3, -0.25) is 4.98 Å². The summed E-state index contributed by atoms with van der Waals surface area (Å²) in [6.07, 6.45) is 2.05. The highest BCUT2D eigenvalue weighted by molar-refractivity contribution is 7.92. The molecule has 2 aliphatic heterocycles. The van der Waals surface area contributed by atoms with Gasteiger partial charge in [-0.25, -0.2) is 16.8 Å². The predicted molar refractivity (Wildman–Crippen MR) is 152 cm³/mol. The fourth-order valence-corrected chi connectivity index (χ4v) is 7.81. The fourth-order valence-electron chi connectivity index (χ4n) is 5.34. The number of aromatic nitrogens is 1. The lowest BCUT2D eigenvalue weighted by atomic mass is 9.88. The summed E-state index contributed by atoms with van der Waals surface area (Å²) in [5.74, 6) is -0.0294. The van der Waals surface area contributed by atoms with Gasteiger partial charge in [-0.05, 0) is 49.6 Å². The van der Waals surface area contributed by atoms with Crippen LogP contribution in [0.15, 0.2) is 70.6 Å². The summed E-state index contributed by atoms with van der Waals surface area (Å²) >= 11 is 0. The van der Waals surface area contributed by atoms with E-state index in [1.165, 1.54) is 22.6 Å². The van der Waals surface area contributed by atoms with E-state index in [1.807, 2.05) is 24.3 Å². The van der Waals surface area contributed by atoms with Crippen LogP contribution in [0.4, 0.5) is 8.78 Å². The maximum Gasteiger partial charge on any atom is 0.372 e. The van der Waals surface area contributed by atoms with Crippen LogP contribution in [0.2, 0.25) is 0 Å². The number of alkyl halides is 2. The highest BCUT2D eigenvalue weighted by Crippen LogP contribution is 2.37. The topological polar surface area (TPSA) is 155 Å². The minimum Gasteiger partial charge on any atom is -0.491 e. The number of ether oxygens (including phenoxy) is 2. The van der Waals surface area contributed by atoms with Gasteiger partial charge in [-0.15, -0.1) is 0 Å². The predicted octanol–water partition coefficient (Wildman–Crippen LogP) is 1.94. The summed E-state index contributed by atoms with van der Waals surface area (Å²) < 4.78 is 91.0. The van der Waals surface area contributed by atoms with Gasteiger partial charge in [-0.2, -0.15) is 13.1 Å². The monoisotopic (exact) mass is 641 g/mol. The Morgan fingerprint density at radius 3 is 2.58 bits per heavy atom. The number of para-hydroxylation sites is 1. The Kier molecular flexibility index (Phi) is 9.05. The molecule has 2 aliphatic rings. The van der Waals surface area contributed by atoms with Gasteiger partial charge >= 0.3 is 5.25 Å². The molecule has 43 heavy (non-hydrogen) atoms. The van der Waals surface area contributed by atoms with Crippen LogP contribution in [-0.4, -0.2) is 98.8 Å². The van der Waals surface area contributed by atoms with Crippen molar-refractivity contribution < 1.29 is 45.3 Å². The zero-order chi connectivity index (χ0) is 30.9. The number of fused-ring (bicyclic) bond motifs is 1. The highest BCUT2D eigenvalue weighted by atomic mass is 32.2. The molecule has 2 atom stereocenters. The fraction of sp³-hybridized carbons (Fsp3) is 0.464. The number of nitrogens with one attached hydrogen (secondary N) is 1. The van der Waals surface area contributed by atoms with Crippen molar-refractivity contribution in [2.75, 3.05) is 39.5 Å². The number of hydrogen-bond donors (Lipinski definition) is 3. The Hall–Kier alpha value is -2.79. The van der Waals surface area contributed by atoms with Crippen LogP contribution in [0.1, 0.15) is 19.3 Å². The van der Waals surface area contributed by atoms with Gasteiger partial charge in [0.1, 0.15) is 30.0 Å². The molecule has 1 spiro atoms. The molecule has 0 bridgehead atoms. The van der Waals surface area contributed by atoms with Gasteiger partial charge in [0.2, 0.25) is 19.9 Å². The molecule has 2 saturated heterocycles. The number of pyridine rings is 1. The lowest BCUT2D eigenvalue weighted by Crippen LogP contribution is -2.47. The number of nitrogens with zero attached hydrogens (tertiary/aromatic N) is 2. The van der Waals surface area contributed by atoms with Gasteiger partial charge < -0.3 is 25.0 Å². The van der Waals surface area contributed by atoms with Gasteiger partial charge in [0, 0.05) is 37.3 Å². The Morgan fingerprint density at radius 1 is 1.09 bits per heavy atom. The highest BCUT2D eigenvalue weighted by Gasteiger charge is 2.46. The Balaban J connectivity index is 1.09. The third kappa shape index (κ3) is 6.67. The second-order valence-corrected chi connectivity index (χ2v) is 14.8. The van der Waals surface area contributed by atoms with E-state index in [4.69, 9.17) is 14.6 Å². The van der Waals surface area contributed by atoms with Crippen LogP contribution in [0.3, 0.4) is 0 Å². The maximum absolute atomic E-state index is 13.7. The SMILES string of the molecule is O=S(=O)(c1cnc2ccccc2c1)N1CCC2(CC1)CC(NCC(O)COc1cccc(S(=O)(=O)C(F)(F)CO)c1)CO2. The summed E-state index contributed by atoms with van der Waals surface area (Å²) in [7, 11) is -8.82. The summed E-state index contributed by atoms with van der Waals surface area (Å²) in [5.41, 5.74) is 0.245. The molecular weight excluding hydrogens is 608 g/mol. The summed E-state index contributed by atoms with van der Waals surface area (Å²) in [4.78, 5) is 3.73. The van der Waals surface area contributed by atoms with Crippen LogP contribution < -0.4 is 10.1 Å². The van der Waals surface area contributed by atoms with E-state index >= 15 is 0 Å². The van der Waals surface area contributed by atoms with Gasteiger partial charge in [-0.1, -0.05) is 24.3 Å². The largest absolute Gasteiger partial charge is 0.491 e. The number of hydrogen-bond acceptors (Lipinski definition) is 10. The first kappa shape index (κ1) is 31.6. The van der Waals surface area contributed by atoms with Crippen LogP contribution in [0, 0.1) is 0 Å². The molecule has 0 saturated carbocycles. The van der Waals surface area contributed by atoms with E-state index in [-0.39, 0.29) is 29.8 Å². The first-order chi connectivity index (χ1) is 20.4. The zero-order valence-corrected chi connectivity index (χ0v) is 24.7. The van der Waals surface area contributed by atoms with Crippen LogP contribution in [0.5, 0.6) is 5.75 Å². The Morgan fingerprint density at radius 2 is 1.84 bits per heavy atom. The van der Waals surface area contributed by atoms with Crippen molar-refractivity contribution >= 4 is 30.8 Å². The number of sulfonamides is 1. The molecule has 1 aromatic heterocycles. The van der Waals surface area contributed by atoms with Crippen LogP contribution in [-0.2, 0) is 24.6 Å². The molecule has 3 heterocycles. The third-order valence-corrected chi connectivity index (χ3v) is 11.5. The first-order valence-electron chi connectivity index (χ1n) is 13.7. The second-order valence-electron chi connectivity index (χ2n) is 10.8. The number of rotatable bonds is 11. The second kappa shape index (κ2) is 12.3. The third-order valence-electron chi connectivity index (χ3n) is 7.82. The minimum absolute atomic E-state index is 0.0294. The zero-order valence-electron chi connectivity index (χ0n) is 23.1. The molecule has 2 unspecified atom stereocenters. The van der Waals surface area contributed by atoms with E-state index in [9.17, 15) is 30.7 Å². The molecule has 11 nitrogen and oxygen atoms in total. The molecule has 3 N–H and O–H groups in total. The standard InChI is InChI=1S/C28H33F2N3O8S2/c29-28(30,19-34)42(36,37)24-6-3-5-23(13-24)40-18-22(35)15-31-21-14-27(41-17-21)8-10-33(11-9-27)43(38,39)25-12-20-4-1-2-7-26(20)32-16-25/h1-7,12-13,16,21-22,31,34-35H,8-11,14-15,17-19H2. The number of sulfone groups is 1. The summed E-state index contributed by atoms with van der Waals surface area (Å²) in [6, 6.07) is 13.4. The molecule has 2 aromatic carbocycles. The lowest BCUT2D eigenvalue weighted by Gasteiger charge is -2.38. The van der Waals surface area contributed by atoms with Gasteiger partial charge in [0.25, 0.3) is 0 Å². The average Bonchev–Trinajstić information content (AvgIpc) is 3.40. The van der Waals surface area contributed by atoms with E-state index in [2.05, 4.69) is 10.3 Å². The van der Waals surface area contributed by atoms with Crippen molar-refractivity contribution in [1.29, 1.82) is 0 Å². The smallest absolute Gasteiger partial charge is 0.372 e. The van der Waals surface area contributed by atoms with Crippen molar-refractivity contribution in [3.05, 3.63) is 60.8 Å². The number of benzene rings is 2. The minimum atomic E-state index is -5.11. The number of aliphatic hydroxyl groups excluding tert-OH is 2. The molecule has 0 aliphatic carbocycles. The van der Waals surface area contributed by atoms with Crippen molar-refractivity contribution in [1.82, 2.24) is 14.6 Å². The van der Waals surface area contributed by atoms with E-state index < -0.39 is 48.3 Å². The van der Waals surface area contributed by atoms with Crippen molar-refractivity contribution in [2.45, 2.75) is 52.1 Å². The van der Waals surface area contributed by atoms with Crippen LogP contribution in [0.25, 0.3) is 10.9 Å². The van der Waals surface area contributed by atoms with E-state index in [0.717, 1.165) is 23.0 Å². The molecule has 2 fully saturated rings. The van der Waals surface area contributed by atoms with Crippen molar-refractivity contribution in [2.24, 2.45) is 0 Å². The quantitative estimate of drug-likeness (QED) is 0.283. The maximum atomic E-state index is 13.7.